The maximum Gasteiger partial charge on any atom is 0.307 e. The molecule has 4 atom stereocenters. The molecule has 65 heavy (non-hydrogen) atoms. The molecule has 4 unspecified atom stereocenters. The topological polar surface area (TPSA) is 158 Å². The molecule has 0 aliphatic carbocycles. The van der Waals surface area contributed by atoms with Gasteiger partial charge in [-0.1, -0.05) is 247 Å². The lowest BCUT2D eigenvalue weighted by molar-refractivity contribution is -0.148. The molecular weight excluding hydrogens is 849 g/mol. The van der Waals surface area contributed by atoms with E-state index in [1.807, 2.05) is 0 Å². The van der Waals surface area contributed by atoms with Crippen molar-refractivity contribution in [1.82, 2.24) is 0 Å². The molecule has 0 aromatic carbocycles. The molecule has 0 saturated carbocycles. The molecule has 0 fully saturated rings. The number of carboxylic acid groups (broad SMARTS) is 4. The molecule has 11 heteroatoms. The Balaban J connectivity index is -0.0000192. The van der Waals surface area contributed by atoms with Crippen LogP contribution in [0.15, 0.2) is 0 Å². The second-order valence-electron chi connectivity index (χ2n) is 20.2. The van der Waals surface area contributed by atoms with Gasteiger partial charge in [0.1, 0.15) is 0 Å². The molecule has 4 N–H and O–H groups in total. The molecule has 0 rings (SSSR count). The van der Waals surface area contributed by atoms with Gasteiger partial charge >= 0.3 is 23.9 Å². The van der Waals surface area contributed by atoms with Crippen LogP contribution in [0.5, 0.6) is 0 Å². The normalized spacial score (nSPS) is 14.1. The number of hydrogen-bond acceptors (Lipinski definition) is 5. The van der Waals surface area contributed by atoms with Crippen LogP contribution in [0.4, 0.5) is 0 Å². The van der Waals surface area contributed by atoms with E-state index in [0.29, 0.717) is 25.7 Å². The van der Waals surface area contributed by atoms with E-state index in [1.165, 1.54) is 180 Å². The first kappa shape index (κ1) is 67.5. The Hall–Kier alpha value is -1.73. The highest BCUT2D eigenvalue weighted by atomic mass is 28.4. The van der Waals surface area contributed by atoms with Gasteiger partial charge in [0.2, 0.25) is 0 Å². The van der Waals surface area contributed by atoms with E-state index in [1.54, 1.807) is 0 Å². The number of carbonyl (C=O) groups is 4. The quantitative estimate of drug-likeness (QED) is 0.0344. The fourth-order valence-corrected chi connectivity index (χ4v) is 20.4. The Kier molecular flexibility index (Phi) is 47.8. The summed E-state index contributed by atoms with van der Waals surface area (Å²) in [5, 5.41) is 38.2. The highest BCUT2D eigenvalue weighted by Crippen LogP contribution is 2.35. The van der Waals surface area contributed by atoms with E-state index in [2.05, 4.69) is 26.9 Å². The smallest absolute Gasteiger partial charge is 0.307 e. The Morgan fingerprint density at radius 3 is 0.754 bits per heavy atom. The van der Waals surface area contributed by atoms with Crippen molar-refractivity contribution < 1.29 is 43.7 Å². The minimum absolute atomic E-state index is 0. The van der Waals surface area contributed by atoms with Crippen LogP contribution < -0.4 is 0 Å². The minimum atomic E-state index is -2.36. The molecule has 0 radical (unpaired) electrons. The average Bonchev–Trinajstić information content (AvgIpc) is 3.22. The van der Waals surface area contributed by atoms with Crippen LogP contribution in [0.2, 0.25) is 37.3 Å². The first-order chi connectivity index (χ1) is 30.3. The van der Waals surface area contributed by atoms with Gasteiger partial charge in [0, 0.05) is 0 Å². The summed E-state index contributed by atoms with van der Waals surface area (Å²) in [6.45, 7) is 9.14. The summed E-state index contributed by atoms with van der Waals surface area (Å²) in [6, 6.07) is 3.54. The Bertz CT molecular complexity index is 1040. The van der Waals surface area contributed by atoms with Crippen molar-refractivity contribution in [2.75, 3.05) is 0 Å². The summed E-state index contributed by atoms with van der Waals surface area (Å²) >= 11 is 0. The Labute approximate surface area is 404 Å². The molecule has 0 amide bonds. The minimum Gasteiger partial charge on any atom is -0.481 e. The molecule has 0 aliphatic heterocycles. The van der Waals surface area contributed by atoms with Gasteiger partial charge < -0.3 is 24.5 Å². The van der Waals surface area contributed by atoms with E-state index in [0.717, 1.165) is 49.9 Å². The fraction of sp³-hybridized carbons (Fsp3) is 0.926. The predicted octanol–water partition coefficient (Wildman–Crippen LogP) is 17.9. The molecule has 9 nitrogen and oxygen atoms in total. The van der Waals surface area contributed by atoms with Gasteiger partial charge in [-0.15, -0.1) is 0 Å². The van der Waals surface area contributed by atoms with E-state index in [4.69, 9.17) is 4.12 Å². The van der Waals surface area contributed by atoms with Crippen LogP contribution in [0.3, 0.4) is 0 Å². The van der Waals surface area contributed by atoms with Gasteiger partial charge in [-0.2, -0.15) is 0 Å². The number of hydrogen-bond donors (Lipinski definition) is 4. The highest BCUT2D eigenvalue weighted by molar-refractivity contribution is 6.86. The molecular formula is C54H110O9Si2. The van der Waals surface area contributed by atoms with Crippen LogP contribution >= 0.6 is 0 Å². The van der Waals surface area contributed by atoms with Gasteiger partial charge in [0.25, 0.3) is 0 Å². The van der Waals surface area contributed by atoms with Gasteiger partial charge in [-0.05, 0) is 50.1 Å². The number of carboxylic acids is 4. The third kappa shape index (κ3) is 43.3. The van der Waals surface area contributed by atoms with Crippen molar-refractivity contribution in [2.45, 2.75) is 310 Å². The second kappa shape index (κ2) is 46.0. The second-order valence-corrected chi connectivity index (χ2v) is 28.8. The fourth-order valence-electron chi connectivity index (χ4n) is 9.64. The zero-order valence-electron chi connectivity index (χ0n) is 41.7. The summed E-state index contributed by atoms with van der Waals surface area (Å²) in [7, 11) is -4.72. The first-order valence-corrected chi connectivity index (χ1v) is 32.5. The summed E-state index contributed by atoms with van der Waals surface area (Å²) in [5.41, 5.74) is 0. The van der Waals surface area contributed by atoms with Gasteiger partial charge in [-0.25, -0.2) is 0 Å². The molecule has 0 saturated heterocycles. The molecule has 0 bridgehead atoms. The lowest BCUT2D eigenvalue weighted by Crippen LogP contribution is -2.48. The molecule has 0 spiro atoms. The number of aliphatic carboxylic acids is 4. The third-order valence-electron chi connectivity index (χ3n) is 13.7. The Morgan fingerprint density at radius 2 is 0.554 bits per heavy atom. The third-order valence-corrected chi connectivity index (χ3v) is 23.3. The lowest BCUT2D eigenvalue weighted by Gasteiger charge is -2.39. The maximum atomic E-state index is 11.9. The Morgan fingerprint density at radius 1 is 0.354 bits per heavy atom. The van der Waals surface area contributed by atoms with Crippen molar-refractivity contribution in [3.63, 3.8) is 0 Å². The van der Waals surface area contributed by atoms with Crippen molar-refractivity contribution in [2.24, 2.45) is 11.8 Å². The standard InChI is InChI=1S/C52H102O9Si2.2CH4/c1-5-7-9-11-13-15-17-19-21-23-25-27-29-31-33-35-41-62(3,43-37-39-47(51(57)58)45-49(53)54)61-63(4,44-38-40-48(52(59)60)46-50(55)56)42-36-34-32-30-28-26-24-22-20-18-16-14-12-10-8-6-2;;/h47-48H,5-46H2,1-4H3,(H,53,54)(H,55,56)(H,57,58)(H,59,60);2*1H4. The maximum absolute atomic E-state index is 11.9. The molecule has 0 aliphatic rings. The van der Waals surface area contributed by atoms with Crippen LogP contribution in [-0.2, 0) is 23.3 Å². The number of unbranched alkanes of at least 4 members (excludes halogenated alkanes) is 30. The van der Waals surface area contributed by atoms with Crippen molar-refractivity contribution >= 4 is 40.5 Å². The largest absolute Gasteiger partial charge is 0.481 e. The average molecular weight is 960 g/mol. The van der Waals surface area contributed by atoms with Crippen LogP contribution in [0.1, 0.15) is 273 Å². The SMILES string of the molecule is C.C.CCCCCCCCCCCCCCCCCC[Si](C)(CCCC(CC(=O)O)C(=O)O)O[Si](C)(CCCCCCCCCCCCCCCCCC)CCCC(CC(=O)O)C(=O)O. The van der Waals surface area contributed by atoms with E-state index < -0.39 is 52.3 Å². The first-order valence-electron chi connectivity index (χ1n) is 26.9. The summed E-state index contributed by atoms with van der Waals surface area (Å²) in [4.78, 5) is 46.7. The van der Waals surface area contributed by atoms with Crippen LogP contribution in [0.25, 0.3) is 0 Å². The predicted molar refractivity (Wildman–Crippen MR) is 281 cm³/mol. The molecule has 0 aromatic heterocycles. The molecule has 0 aromatic rings. The molecule has 0 heterocycles. The van der Waals surface area contributed by atoms with Gasteiger partial charge in [-0.3, -0.25) is 19.2 Å². The summed E-state index contributed by atoms with van der Waals surface area (Å²) in [6.07, 6.45) is 43.0. The van der Waals surface area contributed by atoms with Crippen molar-refractivity contribution in [1.29, 1.82) is 0 Å². The van der Waals surface area contributed by atoms with Crippen molar-refractivity contribution in [3.8, 4) is 0 Å². The van der Waals surface area contributed by atoms with E-state index in [9.17, 15) is 39.6 Å². The van der Waals surface area contributed by atoms with Crippen LogP contribution in [0, 0.1) is 11.8 Å². The molecule has 388 valence electrons. The zero-order valence-corrected chi connectivity index (χ0v) is 43.7. The summed E-state index contributed by atoms with van der Waals surface area (Å²) < 4.78 is 7.47. The number of rotatable bonds is 50. The zero-order chi connectivity index (χ0) is 46.9. The summed E-state index contributed by atoms with van der Waals surface area (Å²) in [5.74, 6) is -6.12. The highest BCUT2D eigenvalue weighted by Gasteiger charge is 2.39. The monoisotopic (exact) mass is 959 g/mol. The van der Waals surface area contributed by atoms with Gasteiger partial charge in [0.05, 0.1) is 24.7 Å². The van der Waals surface area contributed by atoms with Crippen LogP contribution in [-0.4, -0.2) is 60.9 Å². The van der Waals surface area contributed by atoms with E-state index >= 15 is 0 Å². The lowest BCUT2D eigenvalue weighted by atomic mass is 10.0. The van der Waals surface area contributed by atoms with Gasteiger partial charge in [0.15, 0.2) is 16.6 Å². The van der Waals surface area contributed by atoms with E-state index in [-0.39, 0.29) is 27.7 Å². The van der Waals surface area contributed by atoms with Crippen molar-refractivity contribution in [3.05, 3.63) is 0 Å².